The van der Waals surface area contributed by atoms with Crippen molar-refractivity contribution in [3.8, 4) is 0 Å². The molecule has 0 aromatic heterocycles. The number of amides is 2. The van der Waals surface area contributed by atoms with Crippen molar-refractivity contribution < 1.29 is 22.4 Å². The van der Waals surface area contributed by atoms with Crippen LogP contribution < -0.4 is 9.62 Å². The van der Waals surface area contributed by atoms with E-state index in [0.29, 0.717) is 0 Å². The van der Waals surface area contributed by atoms with E-state index >= 15 is 0 Å². The van der Waals surface area contributed by atoms with Crippen LogP contribution in [0.3, 0.4) is 0 Å². The molecule has 0 saturated heterocycles. The lowest BCUT2D eigenvalue weighted by Gasteiger charge is -2.33. The molecule has 0 aliphatic rings. The Balaban J connectivity index is 2.38. The first kappa shape index (κ1) is 26.8. The van der Waals surface area contributed by atoms with Gasteiger partial charge in [0.25, 0.3) is 0 Å². The Bertz CT molecular complexity index is 1080. The molecule has 2 aromatic carbocycles. The first-order chi connectivity index (χ1) is 15.2. The predicted octanol–water partition coefficient (Wildman–Crippen LogP) is 3.69. The van der Waals surface area contributed by atoms with Gasteiger partial charge in [0.15, 0.2) is 0 Å². The number of nitrogens with one attached hydrogen (secondary N) is 1. The topological polar surface area (TPSA) is 86.8 Å². The summed E-state index contributed by atoms with van der Waals surface area (Å²) >= 11 is 3.37. The van der Waals surface area contributed by atoms with Crippen molar-refractivity contribution in [2.45, 2.75) is 45.8 Å². The molecule has 2 aromatic rings. The predicted molar refractivity (Wildman–Crippen MR) is 131 cm³/mol. The van der Waals surface area contributed by atoms with Crippen LogP contribution in [0.4, 0.5) is 10.1 Å². The molecule has 0 saturated carbocycles. The molecule has 0 radical (unpaired) electrons. The molecule has 1 N–H and O–H groups in total. The summed E-state index contributed by atoms with van der Waals surface area (Å²) in [6, 6.07) is 11.2. The average molecular weight is 542 g/mol. The Morgan fingerprint density at radius 1 is 1.06 bits per heavy atom. The Hall–Kier alpha value is -2.46. The summed E-state index contributed by atoms with van der Waals surface area (Å²) in [6.07, 6.45) is 0.971. The smallest absolute Gasteiger partial charge is 0.244 e. The summed E-state index contributed by atoms with van der Waals surface area (Å²) in [7, 11) is -3.86. The second-order valence-electron chi connectivity index (χ2n) is 8.81. The lowest BCUT2D eigenvalue weighted by atomic mass is 10.1. The molecule has 0 heterocycles. The van der Waals surface area contributed by atoms with Crippen LogP contribution in [0.2, 0.25) is 0 Å². The second-order valence-corrected chi connectivity index (χ2v) is 11.6. The summed E-state index contributed by atoms with van der Waals surface area (Å²) in [4.78, 5) is 27.6. The van der Waals surface area contributed by atoms with E-state index < -0.39 is 39.9 Å². The van der Waals surface area contributed by atoms with Crippen molar-refractivity contribution in [2.24, 2.45) is 0 Å². The van der Waals surface area contributed by atoms with Crippen LogP contribution in [0.1, 0.15) is 33.3 Å². The summed E-state index contributed by atoms with van der Waals surface area (Å²) in [5.41, 5.74) is 0.419. The Morgan fingerprint density at radius 3 is 2.09 bits per heavy atom. The molecule has 1 atom stereocenters. The highest BCUT2D eigenvalue weighted by Gasteiger charge is 2.31. The van der Waals surface area contributed by atoms with Crippen LogP contribution in [0.5, 0.6) is 0 Å². The number of halogens is 2. The molecule has 2 rings (SSSR count). The van der Waals surface area contributed by atoms with Crippen LogP contribution in [-0.2, 0) is 26.2 Å². The van der Waals surface area contributed by atoms with Crippen molar-refractivity contribution in [1.29, 1.82) is 0 Å². The van der Waals surface area contributed by atoms with Crippen LogP contribution >= 0.6 is 15.9 Å². The fourth-order valence-electron chi connectivity index (χ4n) is 3.06. The van der Waals surface area contributed by atoms with Gasteiger partial charge in [0.05, 0.1) is 11.9 Å². The number of nitrogens with zero attached hydrogens (tertiary/aromatic N) is 2. The van der Waals surface area contributed by atoms with E-state index in [2.05, 4.69) is 21.2 Å². The van der Waals surface area contributed by atoms with E-state index in [9.17, 15) is 22.4 Å². The second kappa shape index (κ2) is 10.6. The minimum absolute atomic E-state index is 0.103. The minimum atomic E-state index is -3.86. The van der Waals surface area contributed by atoms with E-state index in [1.807, 2.05) is 45.0 Å². The van der Waals surface area contributed by atoms with Crippen molar-refractivity contribution >= 4 is 43.5 Å². The molecule has 0 fully saturated rings. The average Bonchev–Trinajstić information content (AvgIpc) is 2.69. The third-order valence-electron chi connectivity index (χ3n) is 4.73. The SMILES string of the molecule is C[C@H](C(=O)NC(C)(C)C)N(Cc1ccc(Br)cc1)C(=O)CN(c1ccc(F)cc1)S(C)(=O)=O. The monoisotopic (exact) mass is 541 g/mol. The van der Waals surface area contributed by atoms with Gasteiger partial charge in [-0.05, 0) is 69.7 Å². The molecule has 10 heteroatoms. The zero-order chi connectivity index (χ0) is 25.0. The standard InChI is InChI=1S/C23H29BrFN3O4S/c1-16(22(30)26-23(2,3)4)27(14-17-6-8-18(24)9-7-17)21(29)15-28(33(5,31)32)20-12-10-19(25)11-13-20/h6-13,16H,14-15H2,1-5H3,(H,26,30)/t16-/m1/s1. The number of benzene rings is 2. The summed E-state index contributed by atoms with van der Waals surface area (Å²) in [5.74, 6) is -1.45. The van der Waals surface area contributed by atoms with Crippen molar-refractivity contribution in [2.75, 3.05) is 17.1 Å². The largest absolute Gasteiger partial charge is 0.350 e. The van der Waals surface area contributed by atoms with Crippen LogP contribution in [0, 0.1) is 5.82 Å². The van der Waals surface area contributed by atoms with E-state index in [0.717, 1.165) is 32.7 Å². The molecule has 0 bridgehead atoms. The van der Waals surface area contributed by atoms with Gasteiger partial charge >= 0.3 is 0 Å². The van der Waals surface area contributed by atoms with Crippen molar-refractivity contribution in [3.63, 3.8) is 0 Å². The lowest BCUT2D eigenvalue weighted by Crippen LogP contribution is -2.54. The molecule has 0 spiro atoms. The van der Waals surface area contributed by atoms with Gasteiger partial charge in [0.2, 0.25) is 21.8 Å². The molecule has 7 nitrogen and oxygen atoms in total. The molecule has 33 heavy (non-hydrogen) atoms. The maximum Gasteiger partial charge on any atom is 0.244 e. The fraction of sp³-hybridized carbons (Fsp3) is 0.391. The molecule has 2 amide bonds. The first-order valence-electron chi connectivity index (χ1n) is 10.3. The van der Waals surface area contributed by atoms with Gasteiger partial charge in [0.1, 0.15) is 18.4 Å². The normalized spacial score (nSPS) is 12.7. The van der Waals surface area contributed by atoms with Gasteiger partial charge in [-0.25, -0.2) is 12.8 Å². The van der Waals surface area contributed by atoms with Crippen LogP contribution in [-0.4, -0.2) is 49.5 Å². The Morgan fingerprint density at radius 2 is 1.61 bits per heavy atom. The minimum Gasteiger partial charge on any atom is -0.350 e. The lowest BCUT2D eigenvalue weighted by molar-refractivity contribution is -0.140. The summed E-state index contributed by atoms with van der Waals surface area (Å²) in [6.45, 7) is 6.66. The molecular weight excluding hydrogens is 513 g/mol. The quantitative estimate of drug-likeness (QED) is 0.552. The van der Waals surface area contributed by atoms with Gasteiger partial charge < -0.3 is 10.2 Å². The van der Waals surface area contributed by atoms with E-state index in [4.69, 9.17) is 0 Å². The molecular formula is C23H29BrFN3O4S. The first-order valence-corrected chi connectivity index (χ1v) is 12.9. The van der Waals surface area contributed by atoms with Crippen LogP contribution in [0.15, 0.2) is 53.0 Å². The van der Waals surface area contributed by atoms with E-state index in [1.165, 1.54) is 17.0 Å². The van der Waals surface area contributed by atoms with Gasteiger partial charge in [-0.2, -0.15) is 0 Å². The van der Waals surface area contributed by atoms with Gasteiger partial charge in [0, 0.05) is 16.6 Å². The number of anilines is 1. The third kappa shape index (κ3) is 8.12. The summed E-state index contributed by atoms with van der Waals surface area (Å²) < 4.78 is 40.0. The van der Waals surface area contributed by atoms with Gasteiger partial charge in [-0.1, -0.05) is 28.1 Å². The number of hydrogen-bond acceptors (Lipinski definition) is 4. The maximum absolute atomic E-state index is 13.4. The Kier molecular flexibility index (Phi) is 8.64. The third-order valence-corrected chi connectivity index (χ3v) is 6.39. The number of rotatable bonds is 8. The molecule has 180 valence electrons. The summed E-state index contributed by atoms with van der Waals surface area (Å²) in [5, 5.41) is 2.86. The highest BCUT2D eigenvalue weighted by Crippen LogP contribution is 2.20. The van der Waals surface area contributed by atoms with E-state index in [1.54, 1.807) is 6.92 Å². The molecule has 0 unspecified atom stereocenters. The van der Waals surface area contributed by atoms with Crippen molar-refractivity contribution in [3.05, 3.63) is 64.4 Å². The van der Waals surface area contributed by atoms with E-state index in [-0.39, 0.29) is 18.1 Å². The fourth-order valence-corrected chi connectivity index (χ4v) is 4.18. The molecule has 0 aliphatic heterocycles. The van der Waals surface area contributed by atoms with Gasteiger partial charge in [-0.15, -0.1) is 0 Å². The Labute approximate surface area is 203 Å². The maximum atomic E-state index is 13.4. The van der Waals surface area contributed by atoms with Crippen LogP contribution in [0.25, 0.3) is 0 Å². The highest BCUT2D eigenvalue weighted by molar-refractivity contribution is 9.10. The zero-order valence-electron chi connectivity index (χ0n) is 19.3. The van der Waals surface area contributed by atoms with Crippen molar-refractivity contribution in [1.82, 2.24) is 10.2 Å². The zero-order valence-corrected chi connectivity index (χ0v) is 21.7. The highest BCUT2D eigenvalue weighted by atomic mass is 79.9. The number of carbonyl (C=O) groups is 2. The molecule has 0 aliphatic carbocycles. The van der Waals surface area contributed by atoms with Gasteiger partial charge in [-0.3, -0.25) is 13.9 Å². The number of sulfonamides is 1. The number of carbonyl (C=O) groups excluding carboxylic acids is 2. The number of hydrogen-bond donors (Lipinski definition) is 1.